The van der Waals surface area contributed by atoms with E-state index in [1.54, 1.807) is 31.7 Å². The topological polar surface area (TPSA) is 89.7 Å². The minimum Gasteiger partial charge on any atom is -0.489 e. The van der Waals surface area contributed by atoms with Crippen molar-refractivity contribution in [1.82, 2.24) is 20.4 Å². The maximum absolute atomic E-state index is 13.7. The summed E-state index contributed by atoms with van der Waals surface area (Å²) in [7, 11) is 0. The highest BCUT2D eigenvalue weighted by atomic mass is 19.4. The molecule has 0 radical (unpaired) electrons. The van der Waals surface area contributed by atoms with E-state index in [0.29, 0.717) is 18.8 Å². The largest absolute Gasteiger partial charge is 0.489 e. The zero-order valence-corrected chi connectivity index (χ0v) is 21.5. The summed E-state index contributed by atoms with van der Waals surface area (Å²) >= 11 is 0. The van der Waals surface area contributed by atoms with Crippen LogP contribution in [0.5, 0.6) is 5.75 Å². The summed E-state index contributed by atoms with van der Waals surface area (Å²) < 4.78 is 57.3. The Morgan fingerprint density at radius 1 is 1.30 bits per heavy atom. The van der Waals surface area contributed by atoms with Crippen LogP contribution in [0.2, 0.25) is 0 Å². The van der Waals surface area contributed by atoms with Gasteiger partial charge in [-0.1, -0.05) is 37.2 Å². The van der Waals surface area contributed by atoms with Crippen molar-refractivity contribution in [2.75, 3.05) is 13.2 Å². The third-order valence-electron chi connectivity index (χ3n) is 5.47. The van der Waals surface area contributed by atoms with Crippen molar-refractivity contribution in [3.05, 3.63) is 54.2 Å². The standard InChI is InChI=1S/C26H33F3N4O4/c1-6-7-8-9-15-35-21-13-12-18(16-19(21)26(27,28)29)22-31-23(37-32-22)20-11-10-14-33(20)17(2)30-24(34)36-25(3,4)5/h8-9,12-13,16,20H,2,6-7,10-11,14-15H2,1,3-5H3,(H,30,34)/t20-/m0/s1. The molecule has 2 heterocycles. The number of allylic oxidation sites excluding steroid dienone is 1. The third kappa shape index (κ3) is 7.74. The van der Waals surface area contributed by atoms with Crippen LogP contribution in [-0.4, -0.2) is 39.9 Å². The number of amides is 1. The summed E-state index contributed by atoms with van der Waals surface area (Å²) in [6.45, 7) is 11.8. The number of halogens is 3. The number of rotatable bonds is 9. The molecule has 1 atom stereocenters. The number of hydrogen-bond acceptors (Lipinski definition) is 7. The van der Waals surface area contributed by atoms with E-state index in [0.717, 1.165) is 25.3 Å². The van der Waals surface area contributed by atoms with Crippen molar-refractivity contribution in [1.29, 1.82) is 0 Å². The van der Waals surface area contributed by atoms with Gasteiger partial charge in [0.05, 0.1) is 5.56 Å². The molecule has 2 aromatic rings. The van der Waals surface area contributed by atoms with Gasteiger partial charge < -0.3 is 18.9 Å². The predicted octanol–water partition coefficient (Wildman–Crippen LogP) is 6.62. The predicted molar refractivity (Wildman–Crippen MR) is 131 cm³/mol. The number of nitrogens with zero attached hydrogens (tertiary/aromatic N) is 3. The number of alkyl carbamates (subject to hydrolysis) is 1. The molecular weight excluding hydrogens is 489 g/mol. The van der Waals surface area contributed by atoms with Crippen LogP contribution < -0.4 is 10.1 Å². The van der Waals surface area contributed by atoms with Crippen LogP contribution in [0.15, 0.2) is 47.3 Å². The van der Waals surface area contributed by atoms with Crippen LogP contribution in [-0.2, 0) is 10.9 Å². The van der Waals surface area contributed by atoms with E-state index in [1.807, 2.05) is 13.0 Å². The fourth-order valence-electron chi connectivity index (χ4n) is 3.83. The Balaban J connectivity index is 1.76. The van der Waals surface area contributed by atoms with Gasteiger partial charge in [0.15, 0.2) is 0 Å². The number of benzene rings is 1. The van der Waals surface area contributed by atoms with Crippen LogP contribution in [0.4, 0.5) is 18.0 Å². The number of unbranched alkanes of at least 4 members (excludes halogenated alkanes) is 1. The van der Waals surface area contributed by atoms with Gasteiger partial charge in [-0.25, -0.2) is 4.79 Å². The molecule has 37 heavy (non-hydrogen) atoms. The molecule has 1 saturated heterocycles. The summed E-state index contributed by atoms with van der Waals surface area (Å²) in [5.41, 5.74) is -1.44. The summed E-state index contributed by atoms with van der Waals surface area (Å²) in [5, 5.41) is 6.52. The molecule has 1 aliphatic heterocycles. The Morgan fingerprint density at radius 2 is 2.05 bits per heavy atom. The normalized spacial score (nSPS) is 16.3. The third-order valence-corrected chi connectivity index (χ3v) is 5.47. The number of alkyl halides is 3. The average Bonchev–Trinajstić information content (AvgIpc) is 3.46. The maximum Gasteiger partial charge on any atom is 0.419 e. The second-order valence-corrected chi connectivity index (χ2v) is 9.66. The molecule has 0 unspecified atom stereocenters. The Labute approximate surface area is 214 Å². The van der Waals surface area contributed by atoms with Gasteiger partial charge in [0.1, 0.15) is 29.8 Å². The van der Waals surface area contributed by atoms with E-state index in [4.69, 9.17) is 14.0 Å². The van der Waals surface area contributed by atoms with E-state index in [9.17, 15) is 18.0 Å². The maximum atomic E-state index is 13.7. The Kier molecular flexibility index (Phi) is 8.88. The monoisotopic (exact) mass is 522 g/mol. The van der Waals surface area contributed by atoms with Crippen molar-refractivity contribution in [3.63, 3.8) is 0 Å². The molecule has 8 nitrogen and oxygen atoms in total. The SMILES string of the molecule is C=C(NC(=O)OC(C)(C)C)N1CCC[C@H]1c1nc(-c2ccc(OCC=CCCC)c(C(F)(F)F)c2)no1. The molecule has 0 aliphatic carbocycles. The molecule has 0 bridgehead atoms. The summed E-state index contributed by atoms with van der Waals surface area (Å²) in [6, 6.07) is 3.29. The van der Waals surface area contributed by atoms with Crippen molar-refractivity contribution in [3.8, 4) is 17.1 Å². The number of carbonyl (C=O) groups is 1. The molecule has 3 rings (SSSR count). The number of hydrogen-bond donors (Lipinski definition) is 1. The molecule has 1 fully saturated rings. The second kappa shape index (κ2) is 11.7. The highest BCUT2D eigenvalue weighted by molar-refractivity contribution is 5.69. The van der Waals surface area contributed by atoms with Gasteiger partial charge in [-0.2, -0.15) is 18.2 Å². The molecule has 1 aliphatic rings. The first-order chi connectivity index (χ1) is 17.4. The second-order valence-electron chi connectivity index (χ2n) is 9.66. The van der Waals surface area contributed by atoms with Gasteiger partial charge in [-0.15, -0.1) is 0 Å². The Morgan fingerprint density at radius 3 is 2.73 bits per heavy atom. The van der Waals surface area contributed by atoms with Gasteiger partial charge in [0.25, 0.3) is 0 Å². The first-order valence-electron chi connectivity index (χ1n) is 12.2. The lowest BCUT2D eigenvalue weighted by molar-refractivity contribution is -0.138. The quantitative estimate of drug-likeness (QED) is 0.370. The van der Waals surface area contributed by atoms with E-state index >= 15 is 0 Å². The molecule has 1 N–H and O–H groups in total. The highest BCUT2D eigenvalue weighted by Gasteiger charge is 2.36. The molecule has 1 aromatic carbocycles. The van der Waals surface area contributed by atoms with E-state index < -0.39 is 23.4 Å². The lowest BCUT2D eigenvalue weighted by Crippen LogP contribution is -2.37. The first-order valence-corrected chi connectivity index (χ1v) is 12.2. The van der Waals surface area contributed by atoms with Crippen LogP contribution in [0.1, 0.15) is 70.9 Å². The summed E-state index contributed by atoms with van der Waals surface area (Å²) in [4.78, 5) is 18.3. The van der Waals surface area contributed by atoms with Crippen LogP contribution in [0, 0.1) is 0 Å². The fraction of sp³-hybridized carbons (Fsp3) is 0.500. The number of aromatic nitrogens is 2. The first kappa shape index (κ1) is 28.1. The zero-order valence-electron chi connectivity index (χ0n) is 21.5. The van der Waals surface area contributed by atoms with Gasteiger partial charge in [-0.05, 0) is 58.2 Å². The molecule has 11 heteroatoms. The van der Waals surface area contributed by atoms with Crippen molar-refractivity contribution in [2.45, 2.75) is 71.2 Å². The van der Waals surface area contributed by atoms with Gasteiger partial charge >= 0.3 is 12.3 Å². The molecule has 0 spiro atoms. The molecule has 1 aromatic heterocycles. The molecule has 0 saturated carbocycles. The van der Waals surface area contributed by atoms with Gasteiger partial charge in [0, 0.05) is 12.1 Å². The summed E-state index contributed by atoms with van der Waals surface area (Å²) in [6.07, 6.45) is 1.48. The Hall–Kier alpha value is -3.50. The van der Waals surface area contributed by atoms with Crippen molar-refractivity contribution in [2.24, 2.45) is 0 Å². The lowest BCUT2D eigenvalue weighted by atomic mass is 10.1. The number of ether oxygens (including phenoxy) is 2. The number of nitrogens with one attached hydrogen (secondary N) is 1. The molecular formula is C26H33F3N4O4. The van der Waals surface area contributed by atoms with E-state index in [-0.39, 0.29) is 35.7 Å². The van der Waals surface area contributed by atoms with Crippen LogP contribution in [0.3, 0.4) is 0 Å². The van der Waals surface area contributed by atoms with E-state index in [1.165, 1.54) is 12.1 Å². The average molecular weight is 523 g/mol. The van der Waals surface area contributed by atoms with E-state index in [2.05, 4.69) is 22.0 Å². The van der Waals surface area contributed by atoms with Crippen molar-refractivity contribution < 1.29 is 32.0 Å². The lowest BCUT2D eigenvalue weighted by Gasteiger charge is -2.27. The minimum atomic E-state index is -4.63. The molecule has 1 amide bonds. The molecule has 202 valence electrons. The Bertz CT molecular complexity index is 1120. The van der Waals surface area contributed by atoms with Crippen molar-refractivity contribution >= 4 is 6.09 Å². The van der Waals surface area contributed by atoms with Gasteiger partial charge in [-0.3, -0.25) is 5.32 Å². The zero-order chi connectivity index (χ0) is 27.2. The van der Waals surface area contributed by atoms with Crippen LogP contribution in [0.25, 0.3) is 11.4 Å². The highest BCUT2D eigenvalue weighted by Crippen LogP contribution is 2.39. The number of carbonyl (C=O) groups excluding carboxylic acids is 1. The smallest absolute Gasteiger partial charge is 0.419 e. The summed E-state index contributed by atoms with van der Waals surface area (Å²) in [5.74, 6) is 0.278. The van der Waals surface area contributed by atoms with Gasteiger partial charge in [0.2, 0.25) is 11.7 Å². The number of likely N-dealkylation sites (tertiary alicyclic amines) is 1. The minimum absolute atomic E-state index is 0.0208. The van der Waals surface area contributed by atoms with Crippen LogP contribution >= 0.6 is 0 Å². The fourth-order valence-corrected chi connectivity index (χ4v) is 3.83.